The fourth-order valence-corrected chi connectivity index (χ4v) is 3.96. The Bertz CT molecular complexity index is 550. The Hall–Kier alpha value is -1.46. The van der Waals surface area contributed by atoms with Crippen molar-refractivity contribution < 1.29 is 14.3 Å². The predicted molar refractivity (Wildman–Crippen MR) is 92.0 cm³/mol. The Morgan fingerprint density at radius 1 is 1.42 bits per heavy atom. The van der Waals surface area contributed by atoms with Crippen molar-refractivity contribution in [2.24, 2.45) is 5.92 Å². The summed E-state index contributed by atoms with van der Waals surface area (Å²) in [5.74, 6) is 0.590. The molecule has 132 valence electrons. The van der Waals surface area contributed by atoms with Gasteiger partial charge in [-0.15, -0.1) is 0 Å². The summed E-state index contributed by atoms with van der Waals surface area (Å²) < 4.78 is 11.7. The molecule has 0 N–H and O–H groups in total. The Labute approximate surface area is 144 Å². The summed E-state index contributed by atoms with van der Waals surface area (Å²) in [4.78, 5) is 18.8. The van der Waals surface area contributed by atoms with E-state index in [1.54, 1.807) is 6.20 Å². The number of nitrogens with zero attached hydrogens (tertiary/aromatic N) is 2. The Morgan fingerprint density at radius 3 is 2.88 bits per heavy atom. The lowest BCUT2D eigenvalue weighted by atomic mass is 9.78. The molecule has 5 nitrogen and oxygen atoms in total. The molecule has 5 heteroatoms. The van der Waals surface area contributed by atoms with E-state index in [4.69, 9.17) is 9.47 Å². The number of piperidine rings is 1. The number of aryl methyl sites for hydroxylation is 1. The van der Waals surface area contributed by atoms with Crippen molar-refractivity contribution in [3.8, 4) is 0 Å². The zero-order valence-corrected chi connectivity index (χ0v) is 14.8. The normalized spacial score (nSPS) is 22.9. The maximum atomic E-state index is 12.6. The van der Waals surface area contributed by atoms with Crippen LogP contribution in [-0.4, -0.2) is 54.3 Å². The number of ether oxygens (including phenoxy) is 2. The van der Waals surface area contributed by atoms with Gasteiger partial charge in [0.15, 0.2) is 0 Å². The first-order valence-corrected chi connectivity index (χ1v) is 9.08. The highest BCUT2D eigenvalue weighted by atomic mass is 16.5. The fourth-order valence-electron chi connectivity index (χ4n) is 3.96. The van der Waals surface area contributed by atoms with Crippen LogP contribution in [0.1, 0.15) is 48.7 Å². The summed E-state index contributed by atoms with van der Waals surface area (Å²) in [6, 6.07) is 3.76. The third kappa shape index (κ3) is 3.62. The minimum atomic E-state index is -0.0470. The summed E-state index contributed by atoms with van der Waals surface area (Å²) in [7, 11) is 0. The molecule has 2 fully saturated rings. The number of pyridine rings is 1. The van der Waals surface area contributed by atoms with E-state index in [2.05, 4.69) is 4.98 Å². The van der Waals surface area contributed by atoms with Gasteiger partial charge in [-0.05, 0) is 57.1 Å². The SMILES string of the molecule is CCOCCC1CCOC12CCN(C(=O)c1ccc(C)cn1)CC2. The number of rotatable bonds is 5. The van der Waals surface area contributed by atoms with Gasteiger partial charge in [0.2, 0.25) is 0 Å². The highest BCUT2D eigenvalue weighted by molar-refractivity contribution is 5.92. The first-order valence-electron chi connectivity index (χ1n) is 9.08. The average Bonchev–Trinajstić information content (AvgIpc) is 2.98. The van der Waals surface area contributed by atoms with Crippen LogP contribution in [0.2, 0.25) is 0 Å². The number of hydrogen-bond donors (Lipinski definition) is 0. The second-order valence-corrected chi connectivity index (χ2v) is 6.90. The smallest absolute Gasteiger partial charge is 0.272 e. The van der Waals surface area contributed by atoms with Gasteiger partial charge in [0, 0.05) is 39.1 Å². The van der Waals surface area contributed by atoms with Crippen molar-refractivity contribution in [1.29, 1.82) is 0 Å². The highest BCUT2D eigenvalue weighted by Gasteiger charge is 2.46. The molecule has 0 aromatic carbocycles. The second kappa shape index (κ2) is 7.62. The number of hydrogen-bond acceptors (Lipinski definition) is 4. The van der Waals surface area contributed by atoms with E-state index in [1.165, 1.54) is 0 Å². The van der Waals surface area contributed by atoms with E-state index in [0.29, 0.717) is 11.6 Å². The van der Waals surface area contributed by atoms with Crippen LogP contribution in [0.3, 0.4) is 0 Å². The van der Waals surface area contributed by atoms with Gasteiger partial charge in [-0.3, -0.25) is 9.78 Å². The molecule has 2 saturated heterocycles. The fraction of sp³-hybridized carbons (Fsp3) is 0.684. The van der Waals surface area contributed by atoms with Crippen LogP contribution in [0.15, 0.2) is 18.3 Å². The summed E-state index contributed by atoms with van der Waals surface area (Å²) in [5, 5.41) is 0. The molecule has 3 rings (SSSR count). The lowest BCUT2D eigenvalue weighted by Crippen LogP contribution is -2.49. The molecule has 0 aliphatic carbocycles. The first-order chi connectivity index (χ1) is 11.6. The maximum Gasteiger partial charge on any atom is 0.272 e. The monoisotopic (exact) mass is 332 g/mol. The Balaban J connectivity index is 1.58. The second-order valence-electron chi connectivity index (χ2n) is 6.90. The number of likely N-dealkylation sites (tertiary alicyclic amines) is 1. The number of aromatic nitrogens is 1. The molecule has 1 unspecified atom stereocenters. The predicted octanol–water partition coefficient (Wildman–Crippen LogP) is 2.83. The first kappa shape index (κ1) is 17.4. The van der Waals surface area contributed by atoms with Crippen LogP contribution in [0.4, 0.5) is 0 Å². The molecule has 3 heterocycles. The molecule has 1 spiro atoms. The van der Waals surface area contributed by atoms with Crippen LogP contribution in [0.5, 0.6) is 0 Å². The largest absolute Gasteiger partial charge is 0.382 e. The van der Waals surface area contributed by atoms with Crippen LogP contribution in [-0.2, 0) is 9.47 Å². The van der Waals surface area contributed by atoms with E-state index in [0.717, 1.165) is 64.2 Å². The quantitative estimate of drug-likeness (QED) is 0.778. The molecule has 2 aliphatic rings. The Morgan fingerprint density at radius 2 is 2.21 bits per heavy atom. The topological polar surface area (TPSA) is 51.7 Å². The average molecular weight is 332 g/mol. The highest BCUT2D eigenvalue weighted by Crippen LogP contribution is 2.42. The van der Waals surface area contributed by atoms with Gasteiger partial charge in [-0.2, -0.15) is 0 Å². The van der Waals surface area contributed by atoms with Crippen molar-refractivity contribution >= 4 is 5.91 Å². The number of amides is 1. The third-order valence-electron chi connectivity index (χ3n) is 5.44. The standard InChI is InChI=1S/C19H28N2O3/c1-3-23-12-6-16-7-13-24-19(16)8-10-21(11-9-19)18(22)17-5-4-15(2)14-20-17/h4-5,14,16H,3,6-13H2,1-2H3. The van der Waals surface area contributed by atoms with Crippen molar-refractivity contribution in [2.75, 3.05) is 32.9 Å². The lowest BCUT2D eigenvalue weighted by molar-refractivity contribution is -0.0669. The van der Waals surface area contributed by atoms with Crippen LogP contribution in [0, 0.1) is 12.8 Å². The molecule has 0 radical (unpaired) electrons. The molecule has 24 heavy (non-hydrogen) atoms. The van der Waals surface area contributed by atoms with Gasteiger partial charge in [0.1, 0.15) is 5.69 Å². The molecular formula is C19H28N2O3. The van der Waals surface area contributed by atoms with Crippen LogP contribution >= 0.6 is 0 Å². The van der Waals surface area contributed by atoms with Crippen molar-refractivity contribution in [1.82, 2.24) is 9.88 Å². The van der Waals surface area contributed by atoms with Gasteiger partial charge in [0.05, 0.1) is 5.60 Å². The van der Waals surface area contributed by atoms with E-state index < -0.39 is 0 Å². The Kier molecular flexibility index (Phi) is 5.51. The summed E-state index contributed by atoms with van der Waals surface area (Å²) in [5.41, 5.74) is 1.56. The van der Waals surface area contributed by atoms with Gasteiger partial charge >= 0.3 is 0 Å². The summed E-state index contributed by atoms with van der Waals surface area (Å²) >= 11 is 0. The van der Waals surface area contributed by atoms with Crippen LogP contribution < -0.4 is 0 Å². The third-order valence-corrected chi connectivity index (χ3v) is 5.44. The zero-order chi connectivity index (χ0) is 17.0. The molecule has 1 aromatic heterocycles. The van der Waals surface area contributed by atoms with Crippen molar-refractivity contribution in [2.45, 2.75) is 45.1 Å². The molecule has 0 saturated carbocycles. The van der Waals surface area contributed by atoms with E-state index in [9.17, 15) is 4.79 Å². The van der Waals surface area contributed by atoms with E-state index in [-0.39, 0.29) is 11.5 Å². The van der Waals surface area contributed by atoms with Crippen molar-refractivity contribution in [3.05, 3.63) is 29.6 Å². The zero-order valence-electron chi connectivity index (χ0n) is 14.8. The number of carbonyl (C=O) groups is 1. The number of carbonyl (C=O) groups excluding carboxylic acids is 1. The minimum absolute atomic E-state index is 0.0358. The molecule has 2 aliphatic heterocycles. The van der Waals surface area contributed by atoms with Gasteiger partial charge in [0.25, 0.3) is 5.91 Å². The van der Waals surface area contributed by atoms with Crippen LogP contribution in [0.25, 0.3) is 0 Å². The summed E-state index contributed by atoms with van der Waals surface area (Å²) in [6.07, 6.45) is 5.76. The maximum absolute atomic E-state index is 12.6. The molecule has 1 atom stereocenters. The van der Waals surface area contributed by atoms with Gasteiger partial charge < -0.3 is 14.4 Å². The molecular weight excluding hydrogens is 304 g/mol. The van der Waals surface area contributed by atoms with E-state index >= 15 is 0 Å². The van der Waals surface area contributed by atoms with Crippen molar-refractivity contribution in [3.63, 3.8) is 0 Å². The summed E-state index contributed by atoms with van der Waals surface area (Å²) in [6.45, 7) is 7.92. The van der Waals surface area contributed by atoms with E-state index in [1.807, 2.05) is 30.9 Å². The van der Waals surface area contributed by atoms with Gasteiger partial charge in [-0.1, -0.05) is 6.07 Å². The van der Waals surface area contributed by atoms with Gasteiger partial charge in [-0.25, -0.2) is 0 Å². The lowest BCUT2D eigenvalue weighted by Gasteiger charge is -2.42. The minimum Gasteiger partial charge on any atom is -0.382 e. The molecule has 1 amide bonds. The molecule has 1 aromatic rings. The molecule has 0 bridgehead atoms.